The standard InChI is InChI=1S/C13H19N5/c1-2-18-13(16-10-17-18)9-12(14)4-3-11-5-7-15-8-6-11/h5-8,10,12H,2-4,9,14H2,1H3. The topological polar surface area (TPSA) is 69.6 Å². The molecular formula is C13H19N5. The van der Waals surface area contributed by atoms with Crippen LogP contribution in [-0.4, -0.2) is 25.8 Å². The molecule has 0 radical (unpaired) electrons. The lowest BCUT2D eigenvalue weighted by molar-refractivity contribution is 0.547. The maximum atomic E-state index is 6.14. The second-order valence-corrected chi connectivity index (χ2v) is 4.35. The van der Waals surface area contributed by atoms with Crippen molar-refractivity contribution in [3.63, 3.8) is 0 Å². The molecule has 1 unspecified atom stereocenters. The van der Waals surface area contributed by atoms with Crippen molar-refractivity contribution in [2.75, 3.05) is 0 Å². The van der Waals surface area contributed by atoms with E-state index in [1.807, 2.05) is 29.2 Å². The summed E-state index contributed by atoms with van der Waals surface area (Å²) in [5.74, 6) is 0.972. The van der Waals surface area contributed by atoms with Crippen LogP contribution in [0, 0.1) is 0 Å². The Morgan fingerprint density at radius 1 is 1.33 bits per heavy atom. The third-order valence-electron chi connectivity index (χ3n) is 2.99. The normalized spacial score (nSPS) is 12.6. The average Bonchev–Trinajstić information content (AvgIpc) is 2.85. The number of pyridine rings is 1. The Hall–Kier alpha value is -1.75. The molecule has 2 rings (SSSR count). The van der Waals surface area contributed by atoms with E-state index in [1.165, 1.54) is 5.56 Å². The lowest BCUT2D eigenvalue weighted by atomic mass is 10.0. The summed E-state index contributed by atoms with van der Waals surface area (Å²) in [5.41, 5.74) is 7.41. The highest BCUT2D eigenvalue weighted by Gasteiger charge is 2.09. The van der Waals surface area contributed by atoms with Crippen LogP contribution in [0.2, 0.25) is 0 Å². The Kier molecular flexibility index (Phi) is 4.41. The molecule has 0 spiro atoms. The number of hydrogen-bond acceptors (Lipinski definition) is 4. The van der Waals surface area contributed by atoms with E-state index in [0.29, 0.717) is 0 Å². The summed E-state index contributed by atoms with van der Waals surface area (Å²) >= 11 is 0. The molecule has 0 aliphatic heterocycles. The lowest BCUT2D eigenvalue weighted by Crippen LogP contribution is -2.25. The molecule has 0 bridgehead atoms. The first-order valence-electron chi connectivity index (χ1n) is 6.30. The third-order valence-corrected chi connectivity index (χ3v) is 2.99. The minimum absolute atomic E-state index is 0.118. The first-order valence-corrected chi connectivity index (χ1v) is 6.30. The summed E-state index contributed by atoms with van der Waals surface area (Å²) in [4.78, 5) is 8.25. The molecule has 2 N–H and O–H groups in total. The van der Waals surface area contributed by atoms with Gasteiger partial charge >= 0.3 is 0 Å². The summed E-state index contributed by atoms with van der Waals surface area (Å²) in [6.45, 7) is 2.90. The highest BCUT2D eigenvalue weighted by atomic mass is 15.3. The van der Waals surface area contributed by atoms with Gasteiger partial charge in [-0.3, -0.25) is 9.67 Å². The lowest BCUT2D eigenvalue weighted by Gasteiger charge is -2.11. The number of aromatic nitrogens is 4. The van der Waals surface area contributed by atoms with Gasteiger partial charge in [0.05, 0.1) is 0 Å². The first kappa shape index (κ1) is 12.7. The summed E-state index contributed by atoms with van der Waals surface area (Å²) in [5, 5.41) is 4.15. The van der Waals surface area contributed by atoms with E-state index in [1.54, 1.807) is 6.33 Å². The van der Waals surface area contributed by atoms with Crippen LogP contribution in [-0.2, 0) is 19.4 Å². The van der Waals surface area contributed by atoms with Gasteiger partial charge in [0.25, 0.3) is 0 Å². The van der Waals surface area contributed by atoms with Crippen molar-refractivity contribution in [3.05, 3.63) is 42.2 Å². The molecule has 0 aromatic carbocycles. The summed E-state index contributed by atoms with van der Waals surface area (Å²) in [6.07, 6.45) is 7.92. The van der Waals surface area contributed by atoms with Gasteiger partial charge in [0.15, 0.2) is 0 Å². The number of nitrogens with zero attached hydrogens (tertiary/aromatic N) is 4. The fourth-order valence-electron chi connectivity index (χ4n) is 1.95. The largest absolute Gasteiger partial charge is 0.327 e. The molecule has 2 heterocycles. The van der Waals surface area contributed by atoms with Gasteiger partial charge in [-0.15, -0.1) is 0 Å². The Bertz CT molecular complexity index is 465. The molecule has 5 heteroatoms. The van der Waals surface area contributed by atoms with Crippen molar-refractivity contribution in [1.29, 1.82) is 0 Å². The molecule has 0 aliphatic carbocycles. The van der Waals surface area contributed by atoms with Gasteiger partial charge < -0.3 is 5.73 Å². The van der Waals surface area contributed by atoms with E-state index < -0.39 is 0 Å². The van der Waals surface area contributed by atoms with Crippen molar-refractivity contribution in [1.82, 2.24) is 19.7 Å². The van der Waals surface area contributed by atoms with Gasteiger partial charge in [-0.1, -0.05) is 0 Å². The second-order valence-electron chi connectivity index (χ2n) is 4.35. The molecule has 0 fully saturated rings. The number of hydrogen-bond donors (Lipinski definition) is 1. The van der Waals surface area contributed by atoms with E-state index in [2.05, 4.69) is 22.0 Å². The van der Waals surface area contributed by atoms with Crippen LogP contribution >= 0.6 is 0 Å². The van der Waals surface area contributed by atoms with Crippen LogP contribution < -0.4 is 5.73 Å². The van der Waals surface area contributed by atoms with Gasteiger partial charge in [0, 0.05) is 31.4 Å². The molecule has 0 saturated heterocycles. The monoisotopic (exact) mass is 245 g/mol. The second kappa shape index (κ2) is 6.26. The maximum absolute atomic E-state index is 6.14. The minimum atomic E-state index is 0.118. The van der Waals surface area contributed by atoms with E-state index in [-0.39, 0.29) is 6.04 Å². The van der Waals surface area contributed by atoms with Gasteiger partial charge in [-0.25, -0.2) is 4.98 Å². The van der Waals surface area contributed by atoms with Gasteiger partial charge in [-0.05, 0) is 37.5 Å². The predicted molar refractivity (Wildman–Crippen MR) is 69.9 cm³/mol. The molecule has 96 valence electrons. The molecule has 18 heavy (non-hydrogen) atoms. The summed E-state index contributed by atoms with van der Waals surface area (Å²) in [6, 6.07) is 4.18. The molecule has 0 amide bonds. The zero-order chi connectivity index (χ0) is 12.8. The fraction of sp³-hybridized carbons (Fsp3) is 0.462. The van der Waals surface area contributed by atoms with E-state index in [0.717, 1.165) is 31.6 Å². The number of rotatable bonds is 6. The van der Waals surface area contributed by atoms with E-state index >= 15 is 0 Å². The predicted octanol–water partition coefficient (Wildman–Crippen LogP) is 1.20. The first-order chi connectivity index (χ1) is 8.79. The zero-order valence-electron chi connectivity index (χ0n) is 10.7. The Morgan fingerprint density at radius 3 is 2.83 bits per heavy atom. The van der Waals surface area contributed by atoms with Crippen LogP contribution in [0.15, 0.2) is 30.9 Å². The smallest absolute Gasteiger partial charge is 0.138 e. The average molecular weight is 245 g/mol. The van der Waals surface area contributed by atoms with Crippen molar-refractivity contribution < 1.29 is 0 Å². The van der Waals surface area contributed by atoms with Crippen molar-refractivity contribution in [2.45, 2.75) is 38.8 Å². The van der Waals surface area contributed by atoms with Gasteiger partial charge in [0.1, 0.15) is 12.2 Å². The molecule has 0 saturated carbocycles. The van der Waals surface area contributed by atoms with Gasteiger partial charge in [0.2, 0.25) is 0 Å². The highest BCUT2D eigenvalue weighted by molar-refractivity contribution is 5.10. The SMILES string of the molecule is CCn1ncnc1CC(N)CCc1ccncc1. The van der Waals surface area contributed by atoms with Crippen LogP contribution in [0.1, 0.15) is 24.7 Å². The highest BCUT2D eigenvalue weighted by Crippen LogP contribution is 2.06. The molecular weight excluding hydrogens is 226 g/mol. The fourth-order valence-corrected chi connectivity index (χ4v) is 1.95. The third kappa shape index (κ3) is 3.37. The van der Waals surface area contributed by atoms with Crippen LogP contribution in [0.3, 0.4) is 0 Å². The minimum Gasteiger partial charge on any atom is -0.327 e. The van der Waals surface area contributed by atoms with Crippen molar-refractivity contribution >= 4 is 0 Å². The summed E-state index contributed by atoms with van der Waals surface area (Å²) in [7, 11) is 0. The maximum Gasteiger partial charge on any atom is 0.138 e. The molecule has 2 aromatic heterocycles. The Balaban J connectivity index is 1.84. The molecule has 1 atom stereocenters. The Morgan fingerprint density at radius 2 is 2.11 bits per heavy atom. The number of aryl methyl sites for hydroxylation is 2. The molecule has 0 aliphatic rings. The summed E-state index contributed by atoms with van der Waals surface area (Å²) < 4.78 is 1.90. The number of nitrogens with two attached hydrogens (primary N) is 1. The van der Waals surface area contributed by atoms with E-state index in [9.17, 15) is 0 Å². The van der Waals surface area contributed by atoms with Gasteiger partial charge in [-0.2, -0.15) is 5.10 Å². The quantitative estimate of drug-likeness (QED) is 0.830. The van der Waals surface area contributed by atoms with Crippen molar-refractivity contribution in [3.8, 4) is 0 Å². The van der Waals surface area contributed by atoms with Crippen LogP contribution in [0.25, 0.3) is 0 Å². The van der Waals surface area contributed by atoms with Crippen LogP contribution in [0.5, 0.6) is 0 Å². The Labute approximate surface area is 107 Å². The molecule has 2 aromatic rings. The van der Waals surface area contributed by atoms with Crippen molar-refractivity contribution in [2.24, 2.45) is 5.73 Å². The zero-order valence-corrected chi connectivity index (χ0v) is 10.7. The van der Waals surface area contributed by atoms with E-state index in [4.69, 9.17) is 5.73 Å². The molecule has 5 nitrogen and oxygen atoms in total. The van der Waals surface area contributed by atoms with Crippen LogP contribution in [0.4, 0.5) is 0 Å².